The lowest BCUT2D eigenvalue weighted by atomic mass is 10.1. The van der Waals surface area contributed by atoms with E-state index in [0.717, 1.165) is 19.4 Å². The van der Waals surface area contributed by atoms with Gasteiger partial charge in [0.05, 0.1) is 11.6 Å². The summed E-state index contributed by atoms with van der Waals surface area (Å²) in [6.07, 6.45) is 1.75. The van der Waals surface area contributed by atoms with Gasteiger partial charge in [-0.15, -0.1) is 12.4 Å². The molecule has 0 aromatic heterocycles. The van der Waals surface area contributed by atoms with E-state index >= 15 is 0 Å². The monoisotopic (exact) mass is 315 g/mol. The average Bonchev–Trinajstić information content (AvgIpc) is 2.94. The molecule has 0 spiro atoms. The van der Waals surface area contributed by atoms with Gasteiger partial charge in [0.2, 0.25) is 5.91 Å². The Bertz CT molecular complexity index is 531. The fraction of sp³-hybridized carbons (Fsp3) is 0.429. The number of rotatable bonds is 3. The molecule has 0 bridgehead atoms. The van der Waals surface area contributed by atoms with Crippen molar-refractivity contribution in [2.24, 2.45) is 0 Å². The number of amides is 2. The van der Waals surface area contributed by atoms with E-state index < -0.39 is 11.7 Å². The minimum Gasteiger partial charge on any atom is -0.345 e. The van der Waals surface area contributed by atoms with Gasteiger partial charge in [-0.05, 0) is 37.6 Å². The van der Waals surface area contributed by atoms with E-state index in [1.54, 1.807) is 14.1 Å². The molecule has 1 unspecified atom stereocenters. The number of nitrogens with one attached hydrogen (secondary N) is 2. The van der Waals surface area contributed by atoms with Crippen LogP contribution in [0.25, 0.3) is 0 Å². The molecular formula is C14H19ClFN3O2. The van der Waals surface area contributed by atoms with E-state index in [0.29, 0.717) is 5.69 Å². The topological polar surface area (TPSA) is 61.4 Å². The Morgan fingerprint density at radius 2 is 2.10 bits per heavy atom. The fourth-order valence-corrected chi connectivity index (χ4v) is 2.15. The molecule has 2 rings (SSSR count). The van der Waals surface area contributed by atoms with Crippen molar-refractivity contribution in [3.8, 4) is 0 Å². The summed E-state index contributed by atoms with van der Waals surface area (Å²) in [4.78, 5) is 25.1. The molecule has 1 saturated heterocycles. The highest BCUT2D eigenvalue weighted by molar-refractivity contribution is 5.98. The fourth-order valence-electron chi connectivity index (χ4n) is 2.15. The van der Waals surface area contributed by atoms with Crippen LogP contribution in [0, 0.1) is 5.82 Å². The van der Waals surface area contributed by atoms with Gasteiger partial charge in [-0.2, -0.15) is 0 Å². The van der Waals surface area contributed by atoms with Crippen LogP contribution in [-0.4, -0.2) is 43.4 Å². The molecule has 0 saturated carbocycles. The average molecular weight is 316 g/mol. The van der Waals surface area contributed by atoms with Gasteiger partial charge in [-0.3, -0.25) is 9.59 Å². The largest absolute Gasteiger partial charge is 0.345 e. The van der Waals surface area contributed by atoms with Gasteiger partial charge in [0, 0.05) is 19.8 Å². The van der Waals surface area contributed by atoms with Crippen molar-refractivity contribution in [2.75, 3.05) is 26.0 Å². The summed E-state index contributed by atoms with van der Waals surface area (Å²) in [7, 11) is 3.10. The molecule has 1 fully saturated rings. The number of hydrogen-bond donors (Lipinski definition) is 2. The molecule has 21 heavy (non-hydrogen) atoms. The molecular weight excluding hydrogens is 297 g/mol. The van der Waals surface area contributed by atoms with Crippen LogP contribution < -0.4 is 10.6 Å². The van der Waals surface area contributed by atoms with Crippen molar-refractivity contribution >= 4 is 29.9 Å². The van der Waals surface area contributed by atoms with Crippen molar-refractivity contribution in [3.63, 3.8) is 0 Å². The van der Waals surface area contributed by atoms with Gasteiger partial charge in [0.1, 0.15) is 5.82 Å². The van der Waals surface area contributed by atoms with Crippen molar-refractivity contribution in [1.29, 1.82) is 0 Å². The number of hydrogen-bond acceptors (Lipinski definition) is 3. The van der Waals surface area contributed by atoms with Crippen molar-refractivity contribution < 1.29 is 14.0 Å². The SMILES string of the molecule is CN(C)C(=O)c1cc(NC(=O)C2CCCN2)ccc1F.Cl. The van der Waals surface area contributed by atoms with Crippen LogP contribution in [0.2, 0.25) is 0 Å². The minimum atomic E-state index is -0.597. The molecule has 0 radical (unpaired) electrons. The van der Waals surface area contributed by atoms with Crippen molar-refractivity contribution in [2.45, 2.75) is 18.9 Å². The first kappa shape index (κ1) is 17.4. The Labute approximate surface area is 129 Å². The Morgan fingerprint density at radius 3 is 2.67 bits per heavy atom. The predicted octanol–water partition coefficient (Wildman–Crippen LogP) is 1.64. The zero-order valence-corrected chi connectivity index (χ0v) is 12.8. The van der Waals surface area contributed by atoms with Crippen LogP contribution in [0.5, 0.6) is 0 Å². The molecule has 1 atom stereocenters. The highest BCUT2D eigenvalue weighted by Crippen LogP contribution is 2.17. The van der Waals surface area contributed by atoms with Crippen LogP contribution in [0.3, 0.4) is 0 Å². The first-order chi connectivity index (χ1) is 9.49. The first-order valence-electron chi connectivity index (χ1n) is 6.54. The third kappa shape index (κ3) is 4.15. The number of carbonyl (C=O) groups excluding carboxylic acids is 2. The molecule has 1 aliphatic rings. The molecule has 2 N–H and O–H groups in total. The zero-order chi connectivity index (χ0) is 14.7. The summed E-state index contributed by atoms with van der Waals surface area (Å²) in [5.74, 6) is -1.18. The smallest absolute Gasteiger partial charge is 0.256 e. The minimum absolute atomic E-state index is 0. The van der Waals surface area contributed by atoms with Crippen molar-refractivity contribution in [3.05, 3.63) is 29.6 Å². The molecule has 1 aliphatic heterocycles. The number of nitrogens with zero attached hydrogens (tertiary/aromatic N) is 1. The molecule has 1 heterocycles. The zero-order valence-electron chi connectivity index (χ0n) is 12.0. The molecule has 5 nitrogen and oxygen atoms in total. The lowest BCUT2D eigenvalue weighted by Gasteiger charge is -2.14. The van der Waals surface area contributed by atoms with Crippen molar-refractivity contribution in [1.82, 2.24) is 10.2 Å². The van der Waals surface area contributed by atoms with E-state index in [1.165, 1.54) is 23.1 Å². The lowest BCUT2D eigenvalue weighted by Crippen LogP contribution is -2.35. The van der Waals surface area contributed by atoms with Crippen LogP contribution >= 0.6 is 12.4 Å². The lowest BCUT2D eigenvalue weighted by molar-refractivity contribution is -0.117. The molecule has 0 aliphatic carbocycles. The summed E-state index contributed by atoms with van der Waals surface area (Å²) >= 11 is 0. The predicted molar refractivity (Wildman–Crippen MR) is 81.3 cm³/mol. The summed E-state index contributed by atoms with van der Waals surface area (Å²) < 4.78 is 13.6. The number of carbonyl (C=O) groups is 2. The number of halogens is 2. The standard InChI is InChI=1S/C14H18FN3O2.ClH/c1-18(2)14(20)10-8-9(5-6-11(10)15)17-13(19)12-4-3-7-16-12;/h5-6,8,12,16H,3-4,7H2,1-2H3,(H,17,19);1H. The van der Waals surface area contributed by atoms with Crippen LogP contribution in [0.15, 0.2) is 18.2 Å². The third-order valence-electron chi connectivity index (χ3n) is 3.25. The van der Waals surface area contributed by atoms with Crippen LogP contribution in [0.1, 0.15) is 23.2 Å². The second kappa shape index (κ2) is 7.38. The van der Waals surface area contributed by atoms with E-state index in [2.05, 4.69) is 10.6 Å². The highest BCUT2D eigenvalue weighted by Gasteiger charge is 2.22. The van der Waals surface area contributed by atoms with E-state index in [1.807, 2.05) is 0 Å². The van der Waals surface area contributed by atoms with E-state index in [9.17, 15) is 14.0 Å². The van der Waals surface area contributed by atoms with Gasteiger partial charge in [-0.25, -0.2) is 4.39 Å². The summed E-state index contributed by atoms with van der Waals surface area (Å²) in [5, 5.41) is 5.79. The van der Waals surface area contributed by atoms with Crippen LogP contribution in [0.4, 0.5) is 10.1 Å². The Balaban J connectivity index is 0.00000220. The molecule has 1 aromatic carbocycles. The maximum Gasteiger partial charge on any atom is 0.256 e. The third-order valence-corrected chi connectivity index (χ3v) is 3.25. The molecule has 7 heteroatoms. The van der Waals surface area contributed by atoms with Gasteiger partial charge < -0.3 is 15.5 Å². The molecule has 1 aromatic rings. The maximum absolute atomic E-state index is 13.6. The van der Waals surface area contributed by atoms with Crippen LogP contribution in [-0.2, 0) is 4.79 Å². The highest BCUT2D eigenvalue weighted by atomic mass is 35.5. The van der Waals surface area contributed by atoms with E-state index in [4.69, 9.17) is 0 Å². The number of anilines is 1. The summed E-state index contributed by atoms with van der Waals surface area (Å²) in [6.45, 7) is 0.825. The summed E-state index contributed by atoms with van der Waals surface area (Å²) in [6, 6.07) is 3.79. The normalized spacial score (nSPS) is 17.0. The number of benzene rings is 1. The summed E-state index contributed by atoms with van der Waals surface area (Å²) in [5.41, 5.74) is 0.377. The van der Waals surface area contributed by atoms with Gasteiger partial charge >= 0.3 is 0 Å². The van der Waals surface area contributed by atoms with E-state index in [-0.39, 0.29) is 29.9 Å². The molecule has 116 valence electrons. The Hall–Kier alpha value is -1.66. The second-order valence-electron chi connectivity index (χ2n) is 5.03. The molecule has 2 amide bonds. The first-order valence-corrected chi connectivity index (χ1v) is 6.54. The van der Waals surface area contributed by atoms with Gasteiger partial charge in [0.25, 0.3) is 5.91 Å². The Kier molecular flexibility index (Phi) is 6.11. The second-order valence-corrected chi connectivity index (χ2v) is 5.03. The Morgan fingerprint density at radius 1 is 1.38 bits per heavy atom. The van der Waals surface area contributed by atoms with Gasteiger partial charge in [-0.1, -0.05) is 0 Å². The quantitative estimate of drug-likeness (QED) is 0.891. The maximum atomic E-state index is 13.6. The van der Waals surface area contributed by atoms with Gasteiger partial charge in [0.15, 0.2) is 0 Å².